The summed E-state index contributed by atoms with van der Waals surface area (Å²) in [6.45, 7) is 0.978. The number of halogens is 1. The van der Waals surface area contributed by atoms with E-state index < -0.39 is 10.0 Å². The first-order chi connectivity index (χ1) is 7.55. The Morgan fingerprint density at radius 2 is 2.31 bits per heavy atom. The summed E-state index contributed by atoms with van der Waals surface area (Å²) in [6.07, 6.45) is 1.76. The van der Waals surface area contributed by atoms with Crippen LogP contribution in [0.1, 0.15) is 12.8 Å². The third kappa shape index (κ3) is 2.19. The molecule has 90 valence electrons. The second-order valence-electron chi connectivity index (χ2n) is 3.71. The Kier molecular flexibility index (Phi) is 3.70. The van der Waals surface area contributed by atoms with Crippen molar-refractivity contribution in [1.82, 2.24) is 4.31 Å². The molecule has 0 spiro atoms. The molecule has 0 aliphatic carbocycles. The standard InChI is InChI=1S/C9H13BrN2O2S2/c10-8-3-4-9(15-8)16(13,14)12-5-1-2-7(12)6-11/h3-4,7H,1-2,5-6,11H2. The van der Waals surface area contributed by atoms with Crippen molar-refractivity contribution in [1.29, 1.82) is 0 Å². The van der Waals surface area contributed by atoms with Crippen LogP contribution in [0.25, 0.3) is 0 Å². The zero-order chi connectivity index (χ0) is 11.8. The van der Waals surface area contributed by atoms with Crippen LogP contribution in [0.4, 0.5) is 0 Å². The number of hydrogen-bond acceptors (Lipinski definition) is 4. The Hall–Kier alpha value is 0.0500. The summed E-state index contributed by atoms with van der Waals surface area (Å²) in [6, 6.07) is 3.35. The van der Waals surface area contributed by atoms with E-state index in [1.54, 1.807) is 12.1 Å². The molecule has 1 aromatic heterocycles. The van der Waals surface area contributed by atoms with Gasteiger partial charge in [-0.25, -0.2) is 8.42 Å². The fraction of sp³-hybridized carbons (Fsp3) is 0.556. The fourth-order valence-electron chi connectivity index (χ4n) is 1.91. The Labute approximate surface area is 108 Å². The van der Waals surface area contributed by atoms with Crippen LogP contribution in [-0.4, -0.2) is 31.9 Å². The van der Waals surface area contributed by atoms with Crippen molar-refractivity contribution >= 4 is 37.3 Å². The average Bonchev–Trinajstić information content (AvgIpc) is 2.85. The maximum atomic E-state index is 12.3. The minimum absolute atomic E-state index is 0.0362. The van der Waals surface area contributed by atoms with Gasteiger partial charge in [-0.1, -0.05) is 0 Å². The van der Waals surface area contributed by atoms with Crippen molar-refractivity contribution in [3.63, 3.8) is 0 Å². The van der Waals surface area contributed by atoms with Crippen LogP contribution in [-0.2, 0) is 10.0 Å². The van der Waals surface area contributed by atoms with E-state index in [4.69, 9.17) is 5.73 Å². The Balaban J connectivity index is 2.32. The second-order valence-corrected chi connectivity index (χ2v) is 8.29. The molecule has 2 N–H and O–H groups in total. The van der Waals surface area contributed by atoms with E-state index in [1.807, 2.05) is 0 Å². The zero-order valence-corrected chi connectivity index (χ0v) is 11.8. The Morgan fingerprint density at radius 3 is 2.88 bits per heavy atom. The van der Waals surface area contributed by atoms with Gasteiger partial charge in [0.15, 0.2) is 0 Å². The van der Waals surface area contributed by atoms with Gasteiger partial charge in [0.1, 0.15) is 4.21 Å². The SMILES string of the molecule is NCC1CCCN1S(=O)(=O)c1ccc(Br)s1. The number of thiophene rings is 1. The van der Waals surface area contributed by atoms with E-state index in [-0.39, 0.29) is 6.04 Å². The highest BCUT2D eigenvalue weighted by Gasteiger charge is 2.35. The predicted molar refractivity (Wildman–Crippen MR) is 68.0 cm³/mol. The number of hydrogen-bond donors (Lipinski definition) is 1. The van der Waals surface area contributed by atoms with E-state index in [1.165, 1.54) is 15.6 Å². The molecule has 0 amide bonds. The molecule has 0 saturated carbocycles. The first kappa shape index (κ1) is 12.5. The van der Waals surface area contributed by atoms with Gasteiger partial charge in [-0.3, -0.25) is 0 Å². The normalized spacial score (nSPS) is 22.8. The van der Waals surface area contributed by atoms with Gasteiger partial charge in [-0.2, -0.15) is 4.31 Å². The minimum Gasteiger partial charge on any atom is -0.329 e. The van der Waals surface area contributed by atoms with Crippen molar-refractivity contribution in [3.8, 4) is 0 Å². The largest absolute Gasteiger partial charge is 0.329 e. The molecule has 0 radical (unpaired) electrons. The van der Waals surface area contributed by atoms with Gasteiger partial charge >= 0.3 is 0 Å². The summed E-state index contributed by atoms with van der Waals surface area (Å²) in [7, 11) is -3.34. The lowest BCUT2D eigenvalue weighted by Crippen LogP contribution is -2.39. The molecule has 1 aromatic rings. The van der Waals surface area contributed by atoms with Gasteiger partial charge in [0, 0.05) is 19.1 Å². The average molecular weight is 325 g/mol. The number of sulfonamides is 1. The van der Waals surface area contributed by atoms with E-state index in [0.717, 1.165) is 16.6 Å². The van der Waals surface area contributed by atoms with E-state index in [9.17, 15) is 8.42 Å². The molecule has 2 rings (SSSR count). The number of nitrogens with zero attached hydrogens (tertiary/aromatic N) is 1. The zero-order valence-electron chi connectivity index (χ0n) is 8.60. The van der Waals surface area contributed by atoms with Crippen molar-refractivity contribution in [2.75, 3.05) is 13.1 Å². The van der Waals surface area contributed by atoms with Crippen molar-refractivity contribution < 1.29 is 8.42 Å². The van der Waals surface area contributed by atoms with E-state index >= 15 is 0 Å². The molecular formula is C9H13BrN2O2S2. The third-order valence-electron chi connectivity index (χ3n) is 2.71. The predicted octanol–water partition coefficient (Wildman–Crippen LogP) is 1.62. The molecule has 1 fully saturated rings. The quantitative estimate of drug-likeness (QED) is 0.919. The maximum absolute atomic E-state index is 12.3. The molecular weight excluding hydrogens is 312 g/mol. The highest BCUT2D eigenvalue weighted by Crippen LogP contribution is 2.31. The van der Waals surface area contributed by atoms with Crippen LogP contribution in [0.15, 0.2) is 20.1 Å². The lowest BCUT2D eigenvalue weighted by atomic mass is 10.2. The lowest BCUT2D eigenvalue weighted by molar-refractivity contribution is 0.394. The molecule has 1 aliphatic rings. The van der Waals surface area contributed by atoms with Gasteiger partial charge in [-0.05, 0) is 40.9 Å². The van der Waals surface area contributed by atoms with Crippen LogP contribution in [0.2, 0.25) is 0 Å². The monoisotopic (exact) mass is 324 g/mol. The van der Waals surface area contributed by atoms with Gasteiger partial charge in [0.05, 0.1) is 3.79 Å². The topological polar surface area (TPSA) is 63.4 Å². The fourth-order valence-corrected chi connectivity index (χ4v) is 5.76. The first-order valence-electron chi connectivity index (χ1n) is 5.03. The van der Waals surface area contributed by atoms with Gasteiger partial charge in [0.25, 0.3) is 10.0 Å². The number of nitrogens with two attached hydrogens (primary N) is 1. The maximum Gasteiger partial charge on any atom is 0.252 e. The molecule has 2 heterocycles. The third-order valence-corrected chi connectivity index (χ3v) is 6.75. The van der Waals surface area contributed by atoms with Crippen molar-refractivity contribution in [2.24, 2.45) is 5.73 Å². The summed E-state index contributed by atoms with van der Waals surface area (Å²) in [5.74, 6) is 0. The minimum atomic E-state index is -3.34. The van der Waals surface area contributed by atoms with Gasteiger partial charge in [-0.15, -0.1) is 11.3 Å². The van der Waals surface area contributed by atoms with Crippen molar-refractivity contribution in [3.05, 3.63) is 15.9 Å². The molecule has 1 atom stereocenters. The van der Waals surface area contributed by atoms with Gasteiger partial charge in [0.2, 0.25) is 0 Å². The van der Waals surface area contributed by atoms with Crippen LogP contribution < -0.4 is 5.73 Å². The summed E-state index contributed by atoms with van der Waals surface area (Å²) in [5.41, 5.74) is 5.59. The lowest BCUT2D eigenvalue weighted by Gasteiger charge is -2.21. The summed E-state index contributed by atoms with van der Waals surface area (Å²) < 4.78 is 27.3. The molecule has 1 saturated heterocycles. The van der Waals surface area contributed by atoms with Crippen LogP contribution in [0.5, 0.6) is 0 Å². The molecule has 1 unspecified atom stereocenters. The molecule has 16 heavy (non-hydrogen) atoms. The molecule has 7 heteroatoms. The summed E-state index contributed by atoms with van der Waals surface area (Å²) in [4.78, 5) is 0. The Morgan fingerprint density at radius 1 is 1.56 bits per heavy atom. The second kappa shape index (κ2) is 4.73. The number of rotatable bonds is 3. The van der Waals surface area contributed by atoms with E-state index in [2.05, 4.69) is 15.9 Å². The highest BCUT2D eigenvalue weighted by molar-refractivity contribution is 9.11. The van der Waals surface area contributed by atoms with Crippen molar-refractivity contribution in [2.45, 2.75) is 23.1 Å². The van der Waals surface area contributed by atoms with Gasteiger partial charge < -0.3 is 5.73 Å². The molecule has 1 aliphatic heterocycles. The Bertz CT molecular complexity index is 472. The molecule has 0 aromatic carbocycles. The van der Waals surface area contributed by atoms with Crippen LogP contribution in [0.3, 0.4) is 0 Å². The van der Waals surface area contributed by atoms with Crippen LogP contribution >= 0.6 is 27.3 Å². The van der Waals surface area contributed by atoms with E-state index in [0.29, 0.717) is 17.3 Å². The summed E-state index contributed by atoms with van der Waals surface area (Å²) in [5, 5.41) is 0. The first-order valence-corrected chi connectivity index (χ1v) is 8.08. The van der Waals surface area contributed by atoms with Crippen LogP contribution in [0, 0.1) is 0 Å². The smallest absolute Gasteiger partial charge is 0.252 e. The molecule has 4 nitrogen and oxygen atoms in total. The highest BCUT2D eigenvalue weighted by atomic mass is 79.9. The summed E-state index contributed by atoms with van der Waals surface area (Å²) >= 11 is 4.52. The molecule has 0 bridgehead atoms.